The van der Waals surface area contributed by atoms with Crippen molar-refractivity contribution in [1.29, 1.82) is 0 Å². The molecule has 3 aromatic rings. The summed E-state index contributed by atoms with van der Waals surface area (Å²) in [5.74, 6) is 0.0991. The number of pyridine rings is 1. The van der Waals surface area contributed by atoms with E-state index in [0.29, 0.717) is 69.8 Å². The average molecular weight is 562 g/mol. The van der Waals surface area contributed by atoms with Gasteiger partial charge in [0.15, 0.2) is 0 Å². The van der Waals surface area contributed by atoms with Crippen LogP contribution in [0.1, 0.15) is 41.9 Å². The summed E-state index contributed by atoms with van der Waals surface area (Å²) in [7, 11) is 0. The van der Waals surface area contributed by atoms with E-state index in [1.807, 2.05) is 39.0 Å². The van der Waals surface area contributed by atoms with Crippen LogP contribution in [0.5, 0.6) is 5.75 Å². The Hall–Kier alpha value is -4.22. The van der Waals surface area contributed by atoms with E-state index in [-0.39, 0.29) is 23.9 Å². The fraction of sp³-hybridized carbons (Fsp3) is 0.310. The number of carbonyl (C=O) groups is 3. The SMILES string of the molecule is C=CC(=O)N1C=C(NC(=O)c2sc3nccc4c3c2NC(=O)N4c2ccc(OCCOC(C)C)cc2C)CCC1. The van der Waals surface area contributed by atoms with Crippen LogP contribution < -0.4 is 20.3 Å². The monoisotopic (exact) mass is 561 g/mol. The highest BCUT2D eigenvalue weighted by Crippen LogP contribution is 2.46. The number of hydrogen-bond acceptors (Lipinski definition) is 7. The third kappa shape index (κ3) is 5.43. The lowest BCUT2D eigenvalue weighted by molar-refractivity contribution is -0.123. The van der Waals surface area contributed by atoms with Crippen molar-refractivity contribution in [3.8, 4) is 5.75 Å². The summed E-state index contributed by atoms with van der Waals surface area (Å²) in [5.41, 5.74) is 3.24. The number of benzene rings is 1. The molecule has 40 heavy (non-hydrogen) atoms. The molecule has 2 aromatic heterocycles. The maximum absolute atomic E-state index is 13.5. The number of anilines is 3. The van der Waals surface area contributed by atoms with E-state index in [0.717, 1.165) is 12.0 Å². The molecule has 2 aliphatic rings. The summed E-state index contributed by atoms with van der Waals surface area (Å²) < 4.78 is 11.3. The van der Waals surface area contributed by atoms with Gasteiger partial charge in [-0.1, -0.05) is 6.58 Å². The standard InChI is InChI=1S/C29H31N5O5S/c1-5-23(35)33-12-6-7-19(16-33)31-27(36)26-25-24-22(10-11-30-28(24)40-26)34(29(37)32-25)21-9-8-20(15-18(21)4)39-14-13-38-17(2)3/h5,8-11,15-17H,1,6-7,12-14H2,2-4H3,(H,31,36)(H,32,37). The summed E-state index contributed by atoms with van der Waals surface area (Å²) in [6.45, 7) is 10.9. The van der Waals surface area contributed by atoms with Crippen LogP contribution in [0.2, 0.25) is 0 Å². The molecule has 0 radical (unpaired) electrons. The lowest BCUT2D eigenvalue weighted by Crippen LogP contribution is -2.35. The molecule has 2 aliphatic heterocycles. The zero-order valence-corrected chi connectivity index (χ0v) is 23.5. The van der Waals surface area contributed by atoms with Crippen molar-refractivity contribution in [3.63, 3.8) is 0 Å². The molecule has 1 aromatic carbocycles. The van der Waals surface area contributed by atoms with Crippen LogP contribution in [0.4, 0.5) is 21.9 Å². The Morgan fingerprint density at radius 1 is 1.25 bits per heavy atom. The molecule has 0 aliphatic carbocycles. The number of ether oxygens (including phenoxy) is 2. The van der Waals surface area contributed by atoms with Gasteiger partial charge in [-0.15, -0.1) is 11.3 Å². The third-order valence-electron chi connectivity index (χ3n) is 6.55. The second kappa shape index (κ2) is 11.5. The minimum Gasteiger partial charge on any atom is -0.491 e. The maximum atomic E-state index is 13.5. The molecule has 0 bridgehead atoms. The number of aromatic nitrogens is 1. The van der Waals surface area contributed by atoms with Crippen molar-refractivity contribution in [1.82, 2.24) is 15.2 Å². The van der Waals surface area contributed by atoms with E-state index in [4.69, 9.17) is 9.47 Å². The van der Waals surface area contributed by atoms with E-state index in [1.165, 1.54) is 22.3 Å². The summed E-state index contributed by atoms with van der Waals surface area (Å²) in [6, 6.07) is 6.94. The Morgan fingerprint density at radius 2 is 2.08 bits per heavy atom. The van der Waals surface area contributed by atoms with Crippen molar-refractivity contribution in [2.75, 3.05) is 30.0 Å². The normalized spacial score (nSPS) is 14.7. The number of nitrogens with zero attached hydrogens (tertiary/aromatic N) is 3. The van der Waals surface area contributed by atoms with Crippen molar-refractivity contribution in [2.45, 2.75) is 39.7 Å². The fourth-order valence-electron chi connectivity index (χ4n) is 4.74. The van der Waals surface area contributed by atoms with Gasteiger partial charge < -0.3 is 25.0 Å². The predicted octanol–water partition coefficient (Wildman–Crippen LogP) is 5.47. The quantitative estimate of drug-likeness (QED) is 0.265. The molecule has 10 nitrogen and oxygen atoms in total. The van der Waals surface area contributed by atoms with Gasteiger partial charge in [0.2, 0.25) is 5.91 Å². The number of allylic oxidation sites excluding steroid dienone is 1. The average Bonchev–Trinajstić information content (AvgIpc) is 3.31. The Bertz CT molecular complexity index is 1530. The topological polar surface area (TPSA) is 113 Å². The van der Waals surface area contributed by atoms with Crippen LogP contribution in [-0.2, 0) is 9.53 Å². The van der Waals surface area contributed by atoms with Crippen molar-refractivity contribution in [3.05, 3.63) is 65.5 Å². The zero-order valence-electron chi connectivity index (χ0n) is 22.7. The molecule has 0 unspecified atom stereocenters. The number of thiophene rings is 1. The van der Waals surface area contributed by atoms with Crippen LogP contribution in [0, 0.1) is 6.92 Å². The van der Waals surface area contributed by atoms with Gasteiger partial charge in [-0.25, -0.2) is 9.78 Å². The number of amides is 4. The Morgan fingerprint density at radius 3 is 2.83 bits per heavy atom. The zero-order chi connectivity index (χ0) is 28.4. The maximum Gasteiger partial charge on any atom is 0.331 e. The van der Waals surface area contributed by atoms with Gasteiger partial charge in [-0.2, -0.15) is 0 Å². The predicted molar refractivity (Wildman–Crippen MR) is 155 cm³/mol. The molecule has 11 heteroatoms. The Labute approximate surface area is 236 Å². The van der Waals surface area contributed by atoms with E-state index in [9.17, 15) is 14.4 Å². The first-order valence-corrected chi connectivity index (χ1v) is 13.9. The third-order valence-corrected chi connectivity index (χ3v) is 7.65. The lowest BCUT2D eigenvalue weighted by atomic mass is 10.1. The second-order valence-electron chi connectivity index (χ2n) is 9.75. The number of aryl methyl sites for hydroxylation is 1. The van der Waals surface area contributed by atoms with Crippen LogP contribution in [0.3, 0.4) is 0 Å². The fourth-order valence-corrected chi connectivity index (χ4v) is 5.76. The van der Waals surface area contributed by atoms with Crippen molar-refractivity contribution < 1.29 is 23.9 Å². The molecule has 4 amide bonds. The molecule has 2 N–H and O–H groups in total. The number of urea groups is 1. The first-order chi connectivity index (χ1) is 19.3. The molecular formula is C29H31N5O5S. The van der Waals surface area contributed by atoms with E-state index in [2.05, 4.69) is 22.2 Å². The van der Waals surface area contributed by atoms with Gasteiger partial charge in [0.25, 0.3) is 5.91 Å². The van der Waals surface area contributed by atoms with Crippen LogP contribution in [-0.4, -0.2) is 53.6 Å². The Kier molecular flexibility index (Phi) is 7.85. The number of rotatable bonds is 9. The molecule has 5 rings (SSSR count). The molecule has 0 atom stereocenters. The summed E-state index contributed by atoms with van der Waals surface area (Å²) in [6.07, 6.45) is 6.00. The highest BCUT2D eigenvalue weighted by molar-refractivity contribution is 7.21. The van der Waals surface area contributed by atoms with E-state index in [1.54, 1.807) is 23.4 Å². The number of nitrogens with one attached hydrogen (secondary N) is 2. The van der Waals surface area contributed by atoms with Crippen molar-refractivity contribution in [2.24, 2.45) is 0 Å². The smallest absolute Gasteiger partial charge is 0.331 e. The first-order valence-electron chi connectivity index (χ1n) is 13.1. The van der Waals surface area contributed by atoms with Gasteiger partial charge in [-0.05, 0) is 69.5 Å². The van der Waals surface area contributed by atoms with Gasteiger partial charge in [0.1, 0.15) is 22.1 Å². The molecule has 0 fully saturated rings. The Balaban J connectivity index is 1.42. The molecule has 4 heterocycles. The first kappa shape index (κ1) is 27.4. The van der Waals surface area contributed by atoms with Crippen LogP contribution >= 0.6 is 11.3 Å². The number of carbonyl (C=O) groups excluding carboxylic acids is 3. The summed E-state index contributed by atoms with van der Waals surface area (Å²) in [5, 5.41) is 6.53. The largest absolute Gasteiger partial charge is 0.491 e. The summed E-state index contributed by atoms with van der Waals surface area (Å²) in [4.78, 5) is 47.4. The minimum absolute atomic E-state index is 0.138. The van der Waals surface area contributed by atoms with Gasteiger partial charge in [0, 0.05) is 24.6 Å². The minimum atomic E-state index is -0.380. The van der Waals surface area contributed by atoms with E-state index >= 15 is 0 Å². The highest BCUT2D eigenvalue weighted by atomic mass is 32.1. The van der Waals surface area contributed by atoms with Crippen LogP contribution in [0.15, 0.2) is 55.0 Å². The van der Waals surface area contributed by atoms with Crippen LogP contribution in [0.25, 0.3) is 10.2 Å². The number of hydrogen-bond donors (Lipinski definition) is 2. The molecule has 0 saturated carbocycles. The molecule has 0 saturated heterocycles. The molecule has 208 valence electrons. The van der Waals surface area contributed by atoms with Crippen molar-refractivity contribution >= 4 is 56.5 Å². The lowest BCUT2D eigenvalue weighted by Gasteiger charge is -2.29. The summed E-state index contributed by atoms with van der Waals surface area (Å²) >= 11 is 1.21. The van der Waals surface area contributed by atoms with E-state index < -0.39 is 0 Å². The highest BCUT2D eigenvalue weighted by Gasteiger charge is 2.33. The van der Waals surface area contributed by atoms with Gasteiger partial charge in [0.05, 0.1) is 35.2 Å². The van der Waals surface area contributed by atoms with Gasteiger partial charge in [-0.3, -0.25) is 14.5 Å². The second-order valence-corrected chi connectivity index (χ2v) is 10.7. The molecular weight excluding hydrogens is 530 g/mol. The molecule has 0 spiro atoms. The van der Waals surface area contributed by atoms with Gasteiger partial charge >= 0.3 is 6.03 Å².